The first-order valence-corrected chi connectivity index (χ1v) is 15.4. The van der Waals surface area contributed by atoms with Crippen molar-refractivity contribution in [3.8, 4) is 23.0 Å². The van der Waals surface area contributed by atoms with Crippen molar-refractivity contribution in [3.63, 3.8) is 0 Å². The van der Waals surface area contributed by atoms with Crippen molar-refractivity contribution in [1.29, 1.82) is 0 Å². The molecule has 1 unspecified atom stereocenters. The van der Waals surface area contributed by atoms with E-state index in [1.165, 1.54) is 23.1 Å². The number of aliphatic hydroxyl groups excluding tert-OH is 1. The number of thiazole rings is 1. The molecule has 46 heavy (non-hydrogen) atoms. The zero-order chi connectivity index (χ0) is 31.8. The molecule has 1 atom stereocenters. The van der Waals surface area contributed by atoms with Gasteiger partial charge in [-0.05, 0) is 66.6 Å². The van der Waals surface area contributed by atoms with E-state index in [0.29, 0.717) is 65.2 Å². The fourth-order valence-corrected chi connectivity index (χ4v) is 6.52. The van der Waals surface area contributed by atoms with Crippen LogP contribution in [0, 0.1) is 5.82 Å². The van der Waals surface area contributed by atoms with E-state index < -0.39 is 29.3 Å². The van der Waals surface area contributed by atoms with Crippen molar-refractivity contribution in [3.05, 3.63) is 113 Å². The smallest absolute Gasteiger partial charge is 0.301 e. The Hall–Kier alpha value is -5.42. The summed E-state index contributed by atoms with van der Waals surface area (Å²) in [5.41, 5.74) is 2.03. The van der Waals surface area contributed by atoms with E-state index in [1.807, 2.05) is 37.3 Å². The number of ether oxygens (including phenoxy) is 4. The van der Waals surface area contributed by atoms with E-state index in [2.05, 4.69) is 4.98 Å². The van der Waals surface area contributed by atoms with Crippen LogP contribution in [-0.4, -0.2) is 41.6 Å². The largest absolute Gasteiger partial charge is 0.507 e. The molecule has 9 nitrogen and oxygen atoms in total. The lowest BCUT2D eigenvalue weighted by Crippen LogP contribution is -2.29. The summed E-state index contributed by atoms with van der Waals surface area (Å²) in [6.45, 7) is 3.18. The maximum Gasteiger partial charge on any atom is 0.301 e. The highest BCUT2D eigenvalue weighted by Crippen LogP contribution is 2.46. The number of hydrogen-bond donors (Lipinski definition) is 1. The van der Waals surface area contributed by atoms with Gasteiger partial charge in [0.2, 0.25) is 0 Å². The highest BCUT2D eigenvalue weighted by molar-refractivity contribution is 7.22. The quantitative estimate of drug-likeness (QED) is 0.112. The Kier molecular flexibility index (Phi) is 7.75. The number of nitrogens with zero attached hydrogens (tertiary/aromatic N) is 2. The molecule has 11 heteroatoms. The van der Waals surface area contributed by atoms with Gasteiger partial charge in [-0.3, -0.25) is 14.5 Å². The van der Waals surface area contributed by atoms with Gasteiger partial charge in [-0.1, -0.05) is 47.7 Å². The number of Topliss-reactive ketones (excluding diaryl/α,β-unsaturated/α-hetero) is 1. The topological polar surface area (TPSA) is 107 Å². The third kappa shape index (κ3) is 5.39. The van der Waals surface area contributed by atoms with Crippen LogP contribution >= 0.6 is 11.3 Å². The second-order valence-electron chi connectivity index (χ2n) is 10.5. The van der Waals surface area contributed by atoms with Gasteiger partial charge >= 0.3 is 5.91 Å². The van der Waals surface area contributed by atoms with Crippen LogP contribution < -0.4 is 23.8 Å². The zero-order valence-electron chi connectivity index (χ0n) is 24.6. The molecule has 3 heterocycles. The van der Waals surface area contributed by atoms with Gasteiger partial charge < -0.3 is 24.1 Å². The summed E-state index contributed by atoms with van der Waals surface area (Å²) in [7, 11) is 0. The molecule has 7 rings (SSSR count). The van der Waals surface area contributed by atoms with Gasteiger partial charge in [0.15, 0.2) is 28.1 Å². The number of carbonyl (C=O) groups excluding carboxylic acids is 2. The maximum absolute atomic E-state index is 14.1. The number of hydrogen-bond acceptors (Lipinski definition) is 9. The van der Waals surface area contributed by atoms with Gasteiger partial charge in [0, 0.05) is 5.56 Å². The van der Waals surface area contributed by atoms with E-state index in [0.717, 1.165) is 16.9 Å². The lowest BCUT2D eigenvalue weighted by Gasteiger charge is -2.24. The van der Waals surface area contributed by atoms with Crippen molar-refractivity contribution < 1.29 is 38.0 Å². The van der Waals surface area contributed by atoms with Gasteiger partial charge in [0.1, 0.15) is 31.4 Å². The summed E-state index contributed by atoms with van der Waals surface area (Å²) in [6, 6.07) is 22.6. The number of aromatic nitrogens is 1. The van der Waals surface area contributed by atoms with Crippen LogP contribution in [0.4, 0.5) is 9.52 Å². The fourth-order valence-electron chi connectivity index (χ4n) is 5.50. The Morgan fingerprint density at radius 2 is 1.76 bits per heavy atom. The minimum absolute atomic E-state index is 0.146. The van der Waals surface area contributed by atoms with Crippen molar-refractivity contribution in [2.75, 3.05) is 24.7 Å². The number of benzene rings is 4. The summed E-state index contributed by atoms with van der Waals surface area (Å²) in [4.78, 5) is 33.4. The minimum Gasteiger partial charge on any atom is -0.507 e. The van der Waals surface area contributed by atoms with Gasteiger partial charge in [-0.25, -0.2) is 9.37 Å². The molecule has 0 radical (unpaired) electrons. The Labute approximate surface area is 267 Å². The molecule has 4 aromatic carbocycles. The summed E-state index contributed by atoms with van der Waals surface area (Å²) in [5, 5.41) is 11.9. The second-order valence-corrected chi connectivity index (χ2v) is 11.6. The minimum atomic E-state index is -1.10. The molecule has 2 aliphatic heterocycles. The third-order valence-corrected chi connectivity index (χ3v) is 8.64. The number of ketones is 1. The third-order valence-electron chi connectivity index (χ3n) is 7.63. The second kappa shape index (κ2) is 12.2. The van der Waals surface area contributed by atoms with Crippen molar-refractivity contribution in [2.24, 2.45) is 0 Å². The van der Waals surface area contributed by atoms with E-state index >= 15 is 0 Å². The number of fused-ring (bicyclic) bond motifs is 2. The first kappa shape index (κ1) is 29.3. The van der Waals surface area contributed by atoms with Crippen LogP contribution in [0.1, 0.15) is 29.7 Å². The molecule has 2 aliphatic rings. The van der Waals surface area contributed by atoms with E-state index in [9.17, 15) is 19.1 Å². The molecule has 1 N–H and O–H groups in total. The number of amides is 1. The monoisotopic (exact) mass is 638 g/mol. The molecule has 0 bridgehead atoms. The number of halogens is 1. The van der Waals surface area contributed by atoms with Crippen molar-refractivity contribution in [1.82, 2.24) is 4.98 Å². The molecule has 1 fully saturated rings. The summed E-state index contributed by atoms with van der Waals surface area (Å²) in [6.07, 6.45) is 0. The van der Waals surface area contributed by atoms with Gasteiger partial charge in [-0.2, -0.15) is 0 Å². The van der Waals surface area contributed by atoms with Crippen LogP contribution in [0.25, 0.3) is 16.0 Å². The van der Waals surface area contributed by atoms with Crippen LogP contribution in [0.5, 0.6) is 23.0 Å². The normalized spacial score (nSPS) is 17.0. The highest BCUT2D eigenvalue weighted by atomic mass is 32.1. The van der Waals surface area contributed by atoms with E-state index in [-0.39, 0.29) is 16.3 Å². The number of carbonyl (C=O) groups is 2. The zero-order valence-corrected chi connectivity index (χ0v) is 25.4. The average Bonchev–Trinajstić information content (AvgIpc) is 3.61. The molecule has 1 amide bonds. The number of anilines is 1. The maximum atomic E-state index is 14.1. The molecule has 0 saturated carbocycles. The molecule has 232 valence electrons. The first-order chi connectivity index (χ1) is 22.4. The van der Waals surface area contributed by atoms with Gasteiger partial charge in [0.05, 0.1) is 28.4 Å². The predicted octanol–water partition coefficient (Wildman–Crippen LogP) is 6.81. The molecular formula is C35H27FN2O7S. The van der Waals surface area contributed by atoms with Gasteiger partial charge in [0.25, 0.3) is 5.78 Å². The van der Waals surface area contributed by atoms with Gasteiger partial charge in [-0.15, -0.1) is 0 Å². The van der Waals surface area contributed by atoms with Crippen LogP contribution in [0.3, 0.4) is 0 Å². The molecular weight excluding hydrogens is 611 g/mol. The average molecular weight is 639 g/mol. The van der Waals surface area contributed by atoms with Crippen LogP contribution in [-0.2, 0) is 16.2 Å². The molecule has 1 aromatic heterocycles. The first-order valence-electron chi connectivity index (χ1n) is 14.6. The number of rotatable bonds is 8. The molecule has 5 aromatic rings. The van der Waals surface area contributed by atoms with E-state index in [1.54, 1.807) is 36.4 Å². The Balaban J connectivity index is 1.36. The van der Waals surface area contributed by atoms with E-state index in [4.69, 9.17) is 18.9 Å². The predicted molar refractivity (Wildman–Crippen MR) is 170 cm³/mol. The summed E-state index contributed by atoms with van der Waals surface area (Å²) >= 11 is 1.07. The summed E-state index contributed by atoms with van der Waals surface area (Å²) < 4.78 is 37.9. The highest BCUT2D eigenvalue weighted by Gasteiger charge is 2.48. The van der Waals surface area contributed by atoms with Crippen molar-refractivity contribution in [2.45, 2.75) is 19.6 Å². The molecule has 1 saturated heterocycles. The lowest BCUT2D eigenvalue weighted by molar-refractivity contribution is -0.132. The Morgan fingerprint density at radius 3 is 2.57 bits per heavy atom. The number of aliphatic hydroxyl groups is 1. The van der Waals surface area contributed by atoms with Crippen LogP contribution in [0.15, 0.2) is 90.5 Å². The SMILES string of the molecule is CCOc1cc(C2/C(=C(\O)c3ccc4c(c3)OCCO4)C(=O)C(=O)N2c2nc3ccc(F)cc3s2)ccc1OCc1ccccc1. The summed E-state index contributed by atoms with van der Waals surface area (Å²) in [5.74, 6) is -0.844. The fraction of sp³-hybridized carbons (Fsp3) is 0.171. The molecule has 0 aliphatic carbocycles. The standard InChI is InChI=1S/C35H27FN2O7S/c1-2-42-27-16-21(8-12-26(27)45-19-20-6-4-3-5-7-20)31-30(32(39)22-9-13-25-28(17-22)44-15-14-43-25)33(40)34(41)38(31)35-37-24-11-10-23(36)18-29(24)46-35/h3-13,16-18,31,39H,2,14-15,19H2,1H3/b32-30+. The molecule has 0 spiro atoms. The Bertz CT molecular complexity index is 2010. The Morgan fingerprint density at radius 1 is 0.957 bits per heavy atom. The van der Waals surface area contributed by atoms with Crippen molar-refractivity contribution >= 4 is 44.1 Å². The lowest BCUT2D eigenvalue weighted by atomic mass is 9.95. The van der Waals surface area contributed by atoms with Crippen LogP contribution in [0.2, 0.25) is 0 Å².